The van der Waals surface area contributed by atoms with Gasteiger partial charge in [0.05, 0.1) is 13.2 Å². The molecule has 0 radical (unpaired) electrons. The summed E-state index contributed by atoms with van der Waals surface area (Å²) in [5, 5.41) is 2.75. The van der Waals surface area contributed by atoms with Crippen molar-refractivity contribution in [2.45, 2.75) is 52.2 Å². The van der Waals surface area contributed by atoms with Crippen molar-refractivity contribution < 1.29 is 27.8 Å². The van der Waals surface area contributed by atoms with E-state index in [0.717, 1.165) is 6.07 Å². The number of nitrogens with zero attached hydrogens (tertiary/aromatic N) is 1. The van der Waals surface area contributed by atoms with Crippen LogP contribution in [0.4, 0.5) is 14.5 Å². The number of ether oxygens (including phenoxy) is 2. The lowest BCUT2D eigenvalue weighted by molar-refractivity contribution is -0.129. The highest BCUT2D eigenvalue weighted by Crippen LogP contribution is 2.45. The second-order valence-electron chi connectivity index (χ2n) is 8.71. The van der Waals surface area contributed by atoms with E-state index in [1.807, 2.05) is 20.8 Å². The summed E-state index contributed by atoms with van der Waals surface area (Å²) in [4.78, 5) is 28.7. The number of pyridine rings is 1. The minimum atomic E-state index is -1.10. The SMILES string of the molecule is COc1c([C@@H]2C[C@H](C(C)(C)C)O[C@H]2C(=O)Nc2ccnc(C(C)=O)c2)ccc(F)c1F. The van der Waals surface area contributed by atoms with Crippen LogP contribution in [0.2, 0.25) is 0 Å². The number of carbonyl (C=O) groups excluding carboxylic acids is 2. The van der Waals surface area contributed by atoms with Crippen LogP contribution < -0.4 is 10.1 Å². The maximum atomic E-state index is 14.4. The van der Waals surface area contributed by atoms with E-state index in [-0.39, 0.29) is 28.7 Å². The van der Waals surface area contributed by atoms with E-state index >= 15 is 0 Å². The first kappa shape index (κ1) is 22.8. The molecule has 2 aromatic rings. The molecule has 1 saturated heterocycles. The van der Waals surface area contributed by atoms with Gasteiger partial charge in [0.15, 0.2) is 17.3 Å². The van der Waals surface area contributed by atoms with Crippen molar-refractivity contribution in [2.24, 2.45) is 5.41 Å². The lowest BCUT2D eigenvalue weighted by Gasteiger charge is -2.26. The van der Waals surface area contributed by atoms with Crippen molar-refractivity contribution in [1.82, 2.24) is 4.98 Å². The molecule has 1 aliphatic rings. The van der Waals surface area contributed by atoms with E-state index in [9.17, 15) is 18.4 Å². The molecule has 0 saturated carbocycles. The van der Waals surface area contributed by atoms with Gasteiger partial charge in [-0.1, -0.05) is 26.8 Å². The summed E-state index contributed by atoms with van der Waals surface area (Å²) >= 11 is 0. The van der Waals surface area contributed by atoms with Gasteiger partial charge in [0, 0.05) is 30.3 Å². The van der Waals surface area contributed by atoms with Gasteiger partial charge in [-0.15, -0.1) is 0 Å². The Hall–Kier alpha value is -2.87. The van der Waals surface area contributed by atoms with Crippen molar-refractivity contribution in [3.05, 3.63) is 53.4 Å². The smallest absolute Gasteiger partial charge is 0.254 e. The molecular formula is C23H26F2N2O4. The van der Waals surface area contributed by atoms with Crippen molar-refractivity contribution in [3.8, 4) is 5.75 Å². The van der Waals surface area contributed by atoms with Crippen LogP contribution in [0.1, 0.15) is 56.1 Å². The van der Waals surface area contributed by atoms with Crippen molar-refractivity contribution in [1.29, 1.82) is 0 Å². The summed E-state index contributed by atoms with van der Waals surface area (Å²) in [6, 6.07) is 5.49. The summed E-state index contributed by atoms with van der Waals surface area (Å²) in [5.74, 6) is -3.60. The standard InChI is InChI=1S/C23H26F2N2O4/c1-12(28)17-10-13(8-9-26-17)27-22(29)21-15(11-18(31-21)23(2,3)4)14-6-7-16(24)19(25)20(14)30-5/h6-10,15,18,21H,11H2,1-5H3,(H,26,27,29)/t15-,18+,21+/m0/s1. The van der Waals surface area contributed by atoms with Crippen LogP contribution in [0.15, 0.2) is 30.5 Å². The van der Waals surface area contributed by atoms with Crippen molar-refractivity contribution >= 4 is 17.4 Å². The highest BCUT2D eigenvalue weighted by molar-refractivity contribution is 5.97. The number of ketones is 1. The number of aromatic nitrogens is 1. The monoisotopic (exact) mass is 432 g/mol. The summed E-state index contributed by atoms with van der Waals surface area (Å²) in [7, 11) is 1.26. The fourth-order valence-electron chi connectivity index (χ4n) is 3.73. The van der Waals surface area contributed by atoms with Crippen LogP contribution in [-0.4, -0.2) is 36.0 Å². The number of carbonyl (C=O) groups is 2. The minimum absolute atomic E-state index is 0.219. The number of hydrogen-bond donors (Lipinski definition) is 1. The second-order valence-corrected chi connectivity index (χ2v) is 8.71. The van der Waals surface area contributed by atoms with Gasteiger partial charge >= 0.3 is 0 Å². The number of amides is 1. The zero-order chi connectivity index (χ0) is 22.9. The number of benzene rings is 1. The van der Waals surface area contributed by atoms with Crippen LogP contribution in [0.3, 0.4) is 0 Å². The predicted octanol–water partition coefficient (Wildman–Crippen LogP) is 4.50. The first-order valence-electron chi connectivity index (χ1n) is 9.98. The van der Waals surface area contributed by atoms with E-state index in [1.165, 1.54) is 32.4 Å². The Balaban J connectivity index is 1.96. The first-order chi connectivity index (χ1) is 14.5. The molecule has 31 heavy (non-hydrogen) atoms. The molecule has 1 aliphatic heterocycles. The Labute approximate surface area is 180 Å². The normalized spacial score (nSPS) is 21.1. The van der Waals surface area contributed by atoms with Gasteiger partial charge in [-0.25, -0.2) is 4.39 Å². The summed E-state index contributed by atoms with van der Waals surface area (Å²) < 4.78 is 39.3. The average molecular weight is 432 g/mol. The molecule has 8 heteroatoms. The van der Waals surface area contributed by atoms with Crippen LogP contribution in [-0.2, 0) is 9.53 Å². The Morgan fingerprint density at radius 2 is 1.94 bits per heavy atom. The largest absolute Gasteiger partial charge is 0.493 e. The molecular weight excluding hydrogens is 406 g/mol. The van der Waals surface area contributed by atoms with Gasteiger partial charge in [0.1, 0.15) is 11.8 Å². The average Bonchev–Trinajstić information content (AvgIpc) is 3.16. The van der Waals surface area contributed by atoms with E-state index in [1.54, 1.807) is 6.07 Å². The molecule has 1 fully saturated rings. The zero-order valence-corrected chi connectivity index (χ0v) is 18.2. The van der Waals surface area contributed by atoms with E-state index < -0.39 is 29.6 Å². The van der Waals surface area contributed by atoms with Gasteiger partial charge in [-0.2, -0.15) is 4.39 Å². The molecule has 0 unspecified atom stereocenters. The fraction of sp³-hybridized carbons (Fsp3) is 0.435. The zero-order valence-electron chi connectivity index (χ0n) is 18.2. The first-order valence-corrected chi connectivity index (χ1v) is 9.98. The number of methoxy groups -OCH3 is 1. The van der Waals surface area contributed by atoms with Crippen LogP contribution in [0, 0.1) is 17.0 Å². The molecule has 0 spiro atoms. The Morgan fingerprint density at radius 3 is 2.55 bits per heavy atom. The third-order valence-electron chi connectivity index (χ3n) is 5.44. The lowest BCUT2D eigenvalue weighted by Crippen LogP contribution is -2.34. The fourth-order valence-corrected chi connectivity index (χ4v) is 3.73. The number of rotatable bonds is 5. The van der Waals surface area contributed by atoms with Gasteiger partial charge in [0.25, 0.3) is 5.91 Å². The number of Topliss-reactive ketones (excluding diaryl/α,β-unsaturated/α-hetero) is 1. The molecule has 2 heterocycles. The predicted molar refractivity (Wildman–Crippen MR) is 111 cm³/mol. The van der Waals surface area contributed by atoms with E-state index in [0.29, 0.717) is 17.7 Å². The molecule has 3 rings (SSSR count). The highest BCUT2D eigenvalue weighted by Gasteiger charge is 2.46. The molecule has 1 aromatic heterocycles. The molecule has 166 valence electrons. The van der Waals surface area contributed by atoms with Gasteiger partial charge in [-0.05, 0) is 30.0 Å². The summed E-state index contributed by atoms with van der Waals surface area (Å²) in [5.41, 5.74) is 0.699. The third-order valence-corrected chi connectivity index (χ3v) is 5.44. The quantitative estimate of drug-likeness (QED) is 0.704. The molecule has 1 N–H and O–H groups in total. The van der Waals surface area contributed by atoms with Gasteiger partial charge in [0.2, 0.25) is 5.82 Å². The molecule has 6 nitrogen and oxygen atoms in total. The maximum Gasteiger partial charge on any atom is 0.254 e. The van der Waals surface area contributed by atoms with Crippen LogP contribution in [0.25, 0.3) is 0 Å². The molecule has 0 aliphatic carbocycles. The van der Waals surface area contributed by atoms with Crippen molar-refractivity contribution in [3.63, 3.8) is 0 Å². The summed E-state index contributed by atoms with van der Waals surface area (Å²) in [6.45, 7) is 7.34. The van der Waals surface area contributed by atoms with E-state index in [4.69, 9.17) is 9.47 Å². The second kappa shape index (κ2) is 8.70. The molecule has 1 aromatic carbocycles. The third kappa shape index (κ3) is 4.74. The molecule has 0 bridgehead atoms. The highest BCUT2D eigenvalue weighted by atomic mass is 19.2. The van der Waals surface area contributed by atoms with E-state index in [2.05, 4.69) is 10.3 Å². The number of halogens is 2. The van der Waals surface area contributed by atoms with Crippen LogP contribution in [0.5, 0.6) is 5.75 Å². The summed E-state index contributed by atoms with van der Waals surface area (Å²) in [6.07, 6.45) is 0.599. The van der Waals surface area contributed by atoms with Gasteiger partial charge < -0.3 is 14.8 Å². The Morgan fingerprint density at radius 1 is 1.23 bits per heavy atom. The van der Waals surface area contributed by atoms with Gasteiger partial charge in [-0.3, -0.25) is 14.6 Å². The van der Waals surface area contributed by atoms with Crippen molar-refractivity contribution in [2.75, 3.05) is 12.4 Å². The number of hydrogen-bond acceptors (Lipinski definition) is 5. The topological polar surface area (TPSA) is 77.5 Å². The Kier molecular flexibility index (Phi) is 6.40. The van der Waals surface area contributed by atoms with Crippen LogP contribution >= 0.6 is 0 Å². The maximum absolute atomic E-state index is 14.4. The number of nitrogens with one attached hydrogen (secondary N) is 1. The number of anilines is 1. The lowest BCUT2D eigenvalue weighted by atomic mass is 9.82. The Bertz CT molecular complexity index is 1000. The molecule has 1 amide bonds. The minimum Gasteiger partial charge on any atom is -0.493 e. The molecule has 3 atom stereocenters.